The zero-order valence-corrected chi connectivity index (χ0v) is 26.5. The summed E-state index contributed by atoms with van der Waals surface area (Å²) < 4.78 is 0. The topological polar surface area (TPSA) is 3.24 Å². The highest BCUT2D eigenvalue weighted by molar-refractivity contribution is 5.88. The summed E-state index contributed by atoms with van der Waals surface area (Å²) in [6.07, 6.45) is 15.6. The second-order valence-corrected chi connectivity index (χ2v) is 15.1. The molecule has 10 rings (SSSR count). The monoisotopic (exact) mass is 587 g/mol. The largest absolute Gasteiger partial charge is 0.311 e. The highest BCUT2D eigenvalue weighted by Gasteiger charge is 2.51. The Morgan fingerprint density at radius 3 is 1.64 bits per heavy atom. The molecule has 5 saturated carbocycles. The Hall–Kier alpha value is -3.84. The smallest absolute Gasteiger partial charge is 0.0462 e. The molecule has 0 amide bonds. The van der Waals surface area contributed by atoms with Crippen LogP contribution in [0.2, 0.25) is 0 Å². The minimum atomic E-state index is 0.432. The zero-order chi connectivity index (χ0) is 29.8. The second-order valence-electron chi connectivity index (χ2n) is 15.1. The predicted octanol–water partition coefficient (Wildman–Crippen LogP) is 12.5. The molecule has 0 aliphatic heterocycles. The van der Waals surface area contributed by atoms with Crippen LogP contribution < -0.4 is 4.90 Å². The van der Waals surface area contributed by atoms with E-state index in [1.165, 1.54) is 115 Å². The molecule has 0 spiro atoms. The molecule has 45 heavy (non-hydrogen) atoms. The normalized spacial score (nSPS) is 25.9. The molecule has 1 nitrogen and oxygen atoms in total. The van der Waals surface area contributed by atoms with E-state index in [1.54, 1.807) is 5.56 Å². The summed E-state index contributed by atoms with van der Waals surface area (Å²) in [6, 6.07) is 44.0. The van der Waals surface area contributed by atoms with E-state index in [9.17, 15) is 0 Å². The van der Waals surface area contributed by atoms with Crippen LogP contribution in [-0.4, -0.2) is 0 Å². The molecule has 0 radical (unpaired) electrons. The molecular formula is C44H45N. The molecule has 1 heteroatoms. The van der Waals surface area contributed by atoms with Gasteiger partial charge in [0.15, 0.2) is 0 Å². The predicted molar refractivity (Wildman–Crippen MR) is 190 cm³/mol. The van der Waals surface area contributed by atoms with Gasteiger partial charge < -0.3 is 4.90 Å². The molecule has 0 N–H and O–H groups in total. The van der Waals surface area contributed by atoms with Crippen molar-refractivity contribution in [3.05, 3.63) is 126 Å². The first-order chi connectivity index (χ1) is 22.2. The molecule has 4 bridgehead atoms. The van der Waals surface area contributed by atoms with Crippen molar-refractivity contribution in [2.75, 3.05) is 4.90 Å². The third kappa shape index (κ3) is 5.09. The van der Waals surface area contributed by atoms with Crippen LogP contribution in [-0.2, 0) is 5.41 Å². The summed E-state index contributed by atoms with van der Waals surface area (Å²) >= 11 is 0. The number of fused-ring (bicyclic) bond motifs is 1. The van der Waals surface area contributed by atoms with Crippen LogP contribution in [0.5, 0.6) is 0 Å². The standard InChI is InChI=1S/C44H45N/c1-2-6-34(7-3-1)36-12-18-41(19-13-36)45(42-20-14-37(15-21-42)39-11-10-35-8-4-5-9-38(35)27-39)43-22-16-40(17-23-43)44-28-31-24-32(29-44)26-33(25-31)30-44/h4-5,8-23,27,31-34H,1-3,6-7,24-26,28-30H2. The van der Waals surface area contributed by atoms with Crippen molar-refractivity contribution < 1.29 is 0 Å². The first-order valence-electron chi connectivity index (χ1n) is 17.8. The third-order valence-corrected chi connectivity index (χ3v) is 12.2. The molecule has 0 unspecified atom stereocenters. The molecule has 0 saturated heterocycles. The summed E-state index contributed by atoms with van der Waals surface area (Å²) in [7, 11) is 0. The Morgan fingerprint density at radius 2 is 1.02 bits per heavy atom. The summed E-state index contributed by atoms with van der Waals surface area (Å²) in [5.74, 6) is 3.63. The zero-order valence-electron chi connectivity index (χ0n) is 26.5. The summed E-state index contributed by atoms with van der Waals surface area (Å²) in [5, 5.41) is 2.58. The van der Waals surface area contributed by atoms with Crippen LogP contribution in [0.15, 0.2) is 115 Å². The van der Waals surface area contributed by atoms with Gasteiger partial charge in [-0.3, -0.25) is 0 Å². The fourth-order valence-corrected chi connectivity index (χ4v) is 10.4. The third-order valence-electron chi connectivity index (χ3n) is 12.2. The molecule has 0 aromatic heterocycles. The summed E-state index contributed by atoms with van der Waals surface area (Å²) in [6.45, 7) is 0. The van der Waals surface area contributed by atoms with E-state index in [2.05, 4.69) is 120 Å². The number of anilines is 3. The molecule has 226 valence electrons. The van der Waals surface area contributed by atoms with E-state index >= 15 is 0 Å². The fourth-order valence-electron chi connectivity index (χ4n) is 10.4. The van der Waals surface area contributed by atoms with Gasteiger partial charge in [0.25, 0.3) is 0 Å². The minimum Gasteiger partial charge on any atom is -0.311 e. The number of rotatable bonds is 6. The van der Waals surface area contributed by atoms with Crippen LogP contribution in [0.4, 0.5) is 17.1 Å². The lowest BCUT2D eigenvalue weighted by molar-refractivity contribution is -0.00518. The van der Waals surface area contributed by atoms with Gasteiger partial charge >= 0.3 is 0 Å². The molecule has 5 aliphatic carbocycles. The van der Waals surface area contributed by atoms with Gasteiger partial charge in [0.05, 0.1) is 0 Å². The van der Waals surface area contributed by atoms with Gasteiger partial charge in [0, 0.05) is 17.1 Å². The van der Waals surface area contributed by atoms with Crippen molar-refractivity contribution in [1.82, 2.24) is 0 Å². The maximum Gasteiger partial charge on any atom is 0.0462 e. The molecule has 5 aromatic carbocycles. The van der Waals surface area contributed by atoms with Crippen LogP contribution in [0.3, 0.4) is 0 Å². The van der Waals surface area contributed by atoms with Crippen LogP contribution in [0.1, 0.15) is 87.7 Å². The Morgan fingerprint density at radius 1 is 0.489 bits per heavy atom. The number of hydrogen-bond acceptors (Lipinski definition) is 1. The summed E-state index contributed by atoms with van der Waals surface area (Å²) in [4.78, 5) is 2.47. The molecule has 0 atom stereocenters. The first kappa shape index (κ1) is 27.5. The van der Waals surface area contributed by atoms with Gasteiger partial charge in [-0.15, -0.1) is 0 Å². The van der Waals surface area contributed by atoms with Crippen molar-refractivity contribution in [2.24, 2.45) is 17.8 Å². The molecular weight excluding hydrogens is 542 g/mol. The SMILES string of the molecule is c1ccc2cc(-c3ccc(N(c4ccc(C5CCCCC5)cc4)c4ccc(C56CC7CC(CC(C7)C5)C6)cc4)cc3)ccc2c1. The fraction of sp³-hybridized carbons (Fsp3) is 0.364. The highest BCUT2D eigenvalue weighted by atomic mass is 15.1. The lowest BCUT2D eigenvalue weighted by Crippen LogP contribution is -2.48. The second kappa shape index (κ2) is 11.2. The molecule has 5 aromatic rings. The molecule has 0 heterocycles. The molecule has 5 aliphatic rings. The van der Waals surface area contributed by atoms with E-state index in [0.29, 0.717) is 5.41 Å². The van der Waals surface area contributed by atoms with Crippen LogP contribution in [0, 0.1) is 17.8 Å². The van der Waals surface area contributed by atoms with Gasteiger partial charge in [-0.05, 0) is 156 Å². The average Bonchev–Trinajstić information content (AvgIpc) is 3.09. The first-order valence-corrected chi connectivity index (χ1v) is 17.8. The van der Waals surface area contributed by atoms with Crippen molar-refractivity contribution >= 4 is 27.8 Å². The van der Waals surface area contributed by atoms with Crippen molar-refractivity contribution in [2.45, 2.75) is 82.0 Å². The summed E-state index contributed by atoms with van der Waals surface area (Å²) in [5.41, 5.74) is 9.79. The Labute approximate surface area is 269 Å². The number of benzene rings is 5. The van der Waals surface area contributed by atoms with E-state index < -0.39 is 0 Å². The van der Waals surface area contributed by atoms with Gasteiger partial charge in [0.2, 0.25) is 0 Å². The Kier molecular flexibility index (Phi) is 6.84. The lowest BCUT2D eigenvalue weighted by atomic mass is 9.48. The van der Waals surface area contributed by atoms with E-state index in [1.807, 2.05) is 0 Å². The maximum atomic E-state index is 2.50. The van der Waals surface area contributed by atoms with Gasteiger partial charge in [0.1, 0.15) is 0 Å². The van der Waals surface area contributed by atoms with Crippen LogP contribution in [0.25, 0.3) is 21.9 Å². The molecule has 5 fully saturated rings. The quantitative estimate of drug-likeness (QED) is 0.191. The number of hydrogen-bond donors (Lipinski definition) is 0. The number of nitrogens with zero attached hydrogens (tertiary/aromatic N) is 1. The van der Waals surface area contributed by atoms with Crippen molar-refractivity contribution in [3.63, 3.8) is 0 Å². The minimum absolute atomic E-state index is 0.432. The Bertz CT molecular complexity index is 1750. The van der Waals surface area contributed by atoms with Gasteiger partial charge in [-0.2, -0.15) is 0 Å². The van der Waals surface area contributed by atoms with Crippen LogP contribution >= 0.6 is 0 Å². The average molecular weight is 588 g/mol. The Balaban J connectivity index is 1.06. The van der Waals surface area contributed by atoms with Crippen molar-refractivity contribution in [1.29, 1.82) is 0 Å². The van der Waals surface area contributed by atoms with Gasteiger partial charge in [-0.25, -0.2) is 0 Å². The highest BCUT2D eigenvalue weighted by Crippen LogP contribution is 2.60. The lowest BCUT2D eigenvalue weighted by Gasteiger charge is -2.57. The van der Waals surface area contributed by atoms with E-state index in [0.717, 1.165) is 23.7 Å². The van der Waals surface area contributed by atoms with Gasteiger partial charge in [-0.1, -0.05) is 92.1 Å². The van der Waals surface area contributed by atoms with Crippen molar-refractivity contribution in [3.8, 4) is 11.1 Å². The van der Waals surface area contributed by atoms with E-state index in [-0.39, 0.29) is 0 Å². The van der Waals surface area contributed by atoms with E-state index in [4.69, 9.17) is 0 Å². The maximum absolute atomic E-state index is 2.50.